The number of halogens is 2. The van der Waals surface area contributed by atoms with Crippen LogP contribution in [0.2, 0.25) is 0 Å². The van der Waals surface area contributed by atoms with Crippen molar-refractivity contribution in [2.45, 2.75) is 26.4 Å². The smallest absolute Gasteiger partial charge is 0.387 e. The van der Waals surface area contributed by atoms with Gasteiger partial charge in [0.15, 0.2) is 0 Å². The largest absolute Gasteiger partial charge is 0.433 e. The van der Waals surface area contributed by atoms with E-state index in [9.17, 15) is 13.6 Å². The molecule has 0 saturated carbocycles. The minimum Gasteiger partial charge on any atom is -0.433 e. The molecule has 1 aliphatic heterocycles. The first-order valence-corrected chi connectivity index (χ1v) is 7.28. The van der Waals surface area contributed by atoms with E-state index in [1.807, 2.05) is 0 Å². The maximum atomic E-state index is 12.4. The highest BCUT2D eigenvalue weighted by Crippen LogP contribution is 2.32. The van der Waals surface area contributed by atoms with Gasteiger partial charge in [0.25, 0.3) is 5.91 Å². The molecule has 0 atom stereocenters. The van der Waals surface area contributed by atoms with Crippen LogP contribution in [0.15, 0.2) is 6.07 Å². The van der Waals surface area contributed by atoms with Gasteiger partial charge in [-0.25, -0.2) is 0 Å². The van der Waals surface area contributed by atoms with Gasteiger partial charge in [0.1, 0.15) is 10.6 Å². The molecule has 1 fully saturated rings. The lowest BCUT2D eigenvalue weighted by molar-refractivity contribution is -0.0499. The molecule has 20 heavy (non-hydrogen) atoms. The molecule has 0 unspecified atom stereocenters. The highest BCUT2D eigenvalue weighted by Gasteiger charge is 2.27. The summed E-state index contributed by atoms with van der Waals surface area (Å²) in [5.74, 6) is -0.0900. The van der Waals surface area contributed by atoms with Gasteiger partial charge in [-0.2, -0.15) is 8.78 Å². The summed E-state index contributed by atoms with van der Waals surface area (Å²) in [6.45, 7) is 0.0118. The van der Waals surface area contributed by atoms with Gasteiger partial charge in [-0.15, -0.1) is 11.3 Å². The summed E-state index contributed by atoms with van der Waals surface area (Å²) >= 11 is 1.17. The lowest BCUT2D eigenvalue weighted by Gasteiger charge is -2.30. The quantitative estimate of drug-likeness (QED) is 0.930. The van der Waals surface area contributed by atoms with E-state index >= 15 is 0 Å². The number of carbonyl (C=O) groups is 1. The van der Waals surface area contributed by atoms with E-state index < -0.39 is 6.61 Å². The molecule has 0 aliphatic carbocycles. The van der Waals surface area contributed by atoms with Crippen LogP contribution in [0.5, 0.6) is 5.75 Å². The number of likely N-dealkylation sites (tertiary alicyclic amines) is 1. The van der Waals surface area contributed by atoms with Gasteiger partial charge in [0, 0.05) is 24.6 Å². The number of alkyl halides is 2. The normalized spacial score (nSPS) is 16.8. The Hall–Kier alpha value is -1.21. The SMILES string of the molecule is Cc1cc(OC(F)F)c(C(=O)N2CCC(CO)CC2)s1. The summed E-state index contributed by atoms with van der Waals surface area (Å²) in [6.07, 6.45) is 1.47. The molecule has 1 aliphatic rings. The molecule has 1 aromatic rings. The van der Waals surface area contributed by atoms with Crippen molar-refractivity contribution in [1.29, 1.82) is 0 Å². The molecular weight excluding hydrogens is 288 g/mol. The van der Waals surface area contributed by atoms with Crippen LogP contribution in [-0.4, -0.2) is 42.2 Å². The number of ether oxygens (including phenoxy) is 1. The first-order valence-electron chi connectivity index (χ1n) is 6.46. The fourth-order valence-electron chi connectivity index (χ4n) is 2.29. The number of rotatable bonds is 4. The maximum Gasteiger partial charge on any atom is 0.387 e. The molecular formula is C13H17F2NO3S. The number of carbonyl (C=O) groups excluding carboxylic acids is 1. The van der Waals surface area contributed by atoms with Crippen molar-refractivity contribution >= 4 is 17.2 Å². The number of aryl methyl sites for hydroxylation is 1. The summed E-state index contributed by atoms with van der Waals surface area (Å²) in [4.78, 5) is 15.0. The summed E-state index contributed by atoms with van der Waals surface area (Å²) in [7, 11) is 0. The Balaban J connectivity index is 2.09. The van der Waals surface area contributed by atoms with E-state index in [1.54, 1.807) is 11.8 Å². The van der Waals surface area contributed by atoms with Crippen LogP contribution in [-0.2, 0) is 0 Å². The van der Waals surface area contributed by atoms with Crippen LogP contribution in [0.1, 0.15) is 27.4 Å². The molecule has 7 heteroatoms. The molecule has 1 aromatic heterocycles. The predicted octanol–water partition coefficient (Wildman–Crippen LogP) is 2.50. The number of piperidine rings is 1. The Bertz CT molecular complexity index is 470. The van der Waals surface area contributed by atoms with Crippen LogP contribution >= 0.6 is 11.3 Å². The zero-order valence-corrected chi connectivity index (χ0v) is 12.0. The number of aliphatic hydroxyl groups is 1. The molecule has 2 heterocycles. The van der Waals surface area contributed by atoms with Gasteiger partial charge >= 0.3 is 6.61 Å². The molecule has 1 saturated heterocycles. The molecule has 0 spiro atoms. The number of hydrogen-bond donors (Lipinski definition) is 1. The molecule has 0 bridgehead atoms. The minimum absolute atomic E-state index is 0.0446. The van der Waals surface area contributed by atoms with Crippen molar-refractivity contribution in [3.05, 3.63) is 15.8 Å². The highest BCUT2D eigenvalue weighted by molar-refractivity contribution is 7.14. The number of amides is 1. The van der Waals surface area contributed by atoms with Crippen LogP contribution in [0.3, 0.4) is 0 Å². The topological polar surface area (TPSA) is 49.8 Å². The van der Waals surface area contributed by atoms with Gasteiger partial charge in [-0.1, -0.05) is 0 Å². The summed E-state index contributed by atoms with van der Waals surface area (Å²) in [6, 6.07) is 1.46. The number of aliphatic hydroxyl groups excluding tert-OH is 1. The van der Waals surface area contributed by atoms with Crippen molar-refractivity contribution in [3.8, 4) is 5.75 Å². The van der Waals surface area contributed by atoms with Crippen molar-refractivity contribution in [2.24, 2.45) is 5.92 Å². The Morgan fingerprint density at radius 3 is 2.75 bits per heavy atom. The molecule has 2 rings (SSSR count). The van der Waals surface area contributed by atoms with E-state index in [1.165, 1.54) is 17.4 Å². The molecule has 1 amide bonds. The Morgan fingerprint density at radius 1 is 1.55 bits per heavy atom. The van der Waals surface area contributed by atoms with Gasteiger partial charge in [-0.05, 0) is 31.7 Å². The predicted molar refractivity (Wildman–Crippen MR) is 71.4 cm³/mol. The summed E-state index contributed by atoms with van der Waals surface area (Å²) < 4.78 is 29.1. The Morgan fingerprint density at radius 2 is 2.20 bits per heavy atom. The fourth-order valence-corrected chi connectivity index (χ4v) is 3.20. The van der Waals surface area contributed by atoms with Crippen LogP contribution < -0.4 is 4.74 Å². The second-order valence-corrected chi connectivity index (χ2v) is 6.10. The third-order valence-electron chi connectivity index (χ3n) is 3.39. The minimum atomic E-state index is -2.93. The van der Waals surface area contributed by atoms with Crippen LogP contribution in [0.25, 0.3) is 0 Å². The van der Waals surface area contributed by atoms with E-state index in [-0.39, 0.29) is 29.1 Å². The lowest BCUT2D eigenvalue weighted by Crippen LogP contribution is -2.39. The second kappa shape index (κ2) is 6.49. The average Bonchev–Trinajstić information content (AvgIpc) is 2.78. The third-order valence-corrected chi connectivity index (χ3v) is 4.41. The number of thiophene rings is 1. The van der Waals surface area contributed by atoms with Crippen LogP contribution in [0, 0.1) is 12.8 Å². The molecule has 0 aromatic carbocycles. The van der Waals surface area contributed by atoms with Gasteiger partial charge in [0.2, 0.25) is 0 Å². The van der Waals surface area contributed by atoms with Crippen molar-refractivity contribution in [1.82, 2.24) is 4.90 Å². The highest BCUT2D eigenvalue weighted by atomic mass is 32.1. The van der Waals surface area contributed by atoms with Crippen LogP contribution in [0.4, 0.5) is 8.78 Å². The molecule has 112 valence electrons. The fraction of sp³-hybridized carbons (Fsp3) is 0.615. The third kappa shape index (κ3) is 3.46. The number of nitrogens with zero attached hydrogens (tertiary/aromatic N) is 1. The first-order chi connectivity index (χ1) is 9.51. The van der Waals surface area contributed by atoms with Gasteiger partial charge in [-0.3, -0.25) is 4.79 Å². The van der Waals surface area contributed by atoms with E-state index in [2.05, 4.69) is 4.74 Å². The van der Waals surface area contributed by atoms with Crippen molar-refractivity contribution in [3.63, 3.8) is 0 Å². The van der Waals surface area contributed by atoms with E-state index in [0.29, 0.717) is 13.1 Å². The second-order valence-electron chi connectivity index (χ2n) is 4.85. The molecule has 4 nitrogen and oxygen atoms in total. The van der Waals surface area contributed by atoms with E-state index in [0.717, 1.165) is 17.7 Å². The van der Waals surface area contributed by atoms with Crippen molar-refractivity contribution < 1.29 is 23.4 Å². The van der Waals surface area contributed by atoms with Gasteiger partial charge in [0.05, 0.1) is 0 Å². The average molecular weight is 305 g/mol. The van der Waals surface area contributed by atoms with Crippen molar-refractivity contribution in [2.75, 3.05) is 19.7 Å². The molecule has 0 radical (unpaired) electrons. The molecule has 1 N–H and O–H groups in total. The first kappa shape index (κ1) is 15.2. The summed E-state index contributed by atoms with van der Waals surface area (Å²) in [5.41, 5.74) is 0. The standard InChI is InChI=1S/C13H17F2NO3S/c1-8-6-10(19-13(14)15)11(20-8)12(18)16-4-2-9(7-17)3-5-16/h6,9,13,17H,2-5,7H2,1H3. The Labute approximate surface area is 120 Å². The zero-order chi connectivity index (χ0) is 14.7. The zero-order valence-electron chi connectivity index (χ0n) is 11.1. The summed E-state index contributed by atoms with van der Waals surface area (Å²) in [5, 5.41) is 9.07. The van der Waals surface area contributed by atoms with E-state index in [4.69, 9.17) is 5.11 Å². The Kier molecular flexibility index (Phi) is 4.93. The number of hydrogen-bond acceptors (Lipinski definition) is 4. The van der Waals surface area contributed by atoms with Gasteiger partial charge < -0.3 is 14.7 Å². The maximum absolute atomic E-state index is 12.4. The monoisotopic (exact) mass is 305 g/mol. The lowest BCUT2D eigenvalue weighted by atomic mass is 9.98.